The molecule has 0 N–H and O–H groups in total. The first-order valence-corrected chi connectivity index (χ1v) is 8.23. The van der Waals surface area contributed by atoms with Crippen molar-refractivity contribution in [3.63, 3.8) is 0 Å². The maximum atomic E-state index is 12.5. The van der Waals surface area contributed by atoms with Crippen molar-refractivity contribution in [2.24, 2.45) is 11.3 Å². The number of hydrogen-bond donors (Lipinski definition) is 0. The van der Waals surface area contributed by atoms with Gasteiger partial charge in [-0.15, -0.1) is 11.3 Å². The highest BCUT2D eigenvalue weighted by molar-refractivity contribution is 7.18. The van der Waals surface area contributed by atoms with Gasteiger partial charge in [0.1, 0.15) is 4.83 Å². The van der Waals surface area contributed by atoms with E-state index in [2.05, 4.69) is 25.8 Å². The summed E-state index contributed by atoms with van der Waals surface area (Å²) in [6.45, 7) is 9.63. The fraction of sp³-hybridized carbons (Fsp3) is 0.625. The van der Waals surface area contributed by atoms with Gasteiger partial charge < -0.3 is 0 Å². The molecule has 2 aromatic heterocycles. The molecule has 0 saturated carbocycles. The zero-order valence-electron chi connectivity index (χ0n) is 12.7. The molecule has 2 aromatic rings. The number of nitrogens with zero attached hydrogens (tertiary/aromatic N) is 2. The van der Waals surface area contributed by atoms with Crippen molar-refractivity contribution in [3.8, 4) is 0 Å². The number of thiophene rings is 1. The number of hydrogen-bond acceptors (Lipinski definition) is 3. The van der Waals surface area contributed by atoms with Gasteiger partial charge in [0.05, 0.1) is 11.7 Å². The Morgan fingerprint density at radius 1 is 1.45 bits per heavy atom. The summed E-state index contributed by atoms with van der Waals surface area (Å²) in [4.78, 5) is 19.3. The van der Waals surface area contributed by atoms with Gasteiger partial charge in [-0.1, -0.05) is 20.8 Å². The number of aryl methyl sites for hydroxylation is 2. The van der Waals surface area contributed by atoms with Crippen molar-refractivity contribution in [1.82, 2.24) is 9.55 Å². The minimum Gasteiger partial charge on any atom is -0.299 e. The van der Waals surface area contributed by atoms with E-state index >= 15 is 0 Å². The zero-order valence-corrected chi connectivity index (χ0v) is 13.5. The summed E-state index contributed by atoms with van der Waals surface area (Å²) in [5.74, 6) is 0.705. The maximum absolute atomic E-state index is 12.5. The molecule has 4 heteroatoms. The molecule has 0 unspecified atom stereocenters. The topological polar surface area (TPSA) is 34.9 Å². The van der Waals surface area contributed by atoms with Crippen LogP contribution >= 0.6 is 11.3 Å². The minimum atomic E-state index is 0.143. The van der Waals surface area contributed by atoms with Crippen molar-refractivity contribution < 1.29 is 0 Å². The number of rotatable bonds is 1. The molecule has 0 fully saturated rings. The van der Waals surface area contributed by atoms with Crippen LogP contribution in [0.25, 0.3) is 10.2 Å². The fourth-order valence-electron chi connectivity index (χ4n) is 3.17. The molecular weight excluding hydrogens is 268 g/mol. The van der Waals surface area contributed by atoms with Crippen molar-refractivity contribution in [2.45, 2.75) is 53.5 Å². The molecule has 0 bridgehead atoms. The molecule has 0 aromatic carbocycles. The molecule has 0 aliphatic heterocycles. The lowest BCUT2D eigenvalue weighted by Gasteiger charge is -2.33. The number of fused-ring (bicyclic) bond motifs is 3. The second kappa shape index (κ2) is 4.69. The van der Waals surface area contributed by atoms with Crippen LogP contribution < -0.4 is 5.56 Å². The van der Waals surface area contributed by atoms with E-state index in [0.29, 0.717) is 17.9 Å². The third kappa shape index (κ3) is 2.10. The second-order valence-electron chi connectivity index (χ2n) is 6.83. The monoisotopic (exact) mass is 290 g/mol. The Labute approximate surface area is 123 Å². The van der Waals surface area contributed by atoms with Crippen molar-refractivity contribution in [3.05, 3.63) is 27.1 Å². The molecule has 1 atom stereocenters. The molecule has 0 saturated heterocycles. The first-order valence-electron chi connectivity index (χ1n) is 7.41. The van der Waals surface area contributed by atoms with Crippen LogP contribution in [0, 0.1) is 11.3 Å². The van der Waals surface area contributed by atoms with Crippen LogP contribution in [-0.2, 0) is 19.4 Å². The van der Waals surface area contributed by atoms with Crippen LogP contribution in [0.4, 0.5) is 0 Å². The van der Waals surface area contributed by atoms with E-state index in [1.54, 1.807) is 22.2 Å². The Hall–Kier alpha value is -1.16. The van der Waals surface area contributed by atoms with Gasteiger partial charge in [-0.2, -0.15) is 0 Å². The van der Waals surface area contributed by atoms with Gasteiger partial charge >= 0.3 is 0 Å². The molecule has 3 rings (SSSR count). The second-order valence-corrected chi connectivity index (χ2v) is 7.91. The van der Waals surface area contributed by atoms with Gasteiger partial charge in [0.2, 0.25) is 0 Å². The highest BCUT2D eigenvalue weighted by Crippen LogP contribution is 2.41. The summed E-state index contributed by atoms with van der Waals surface area (Å²) < 4.78 is 1.71. The Bertz CT molecular complexity index is 706. The van der Waals surface area contributed by atoms with Crippen molar-refractivity contribution in [2.75, 3.05) is 0 Å². The van der Waals surface area contributed by atoms with E-state index in [-0.39, 0.29) is 5.56 Å². The van der Waals surface area contributed by atoms with E-state index in [1.165, 1.54) is 16.9 Å². The van der Waals surface area contributed by atoms with Crippen LogP contribution in [0.3, 0.4) is 0 Å². The smallest absolute Gasteiger partial charge is 0.262 e. The van der Waals surface area contributed by atoms with Gasteiger partial charge in [-0.25, -0.2) is 4.98 Å². The van der Waals surface area contributed by atoms with Crippen molar-refractivity contribution >= 4 is 21.6 Å². The molecule has 1 aliphatic carbocycles. The van der Waals surface area contributed by atoms with Gasteiger partial charge in [0, 0.05) is 11.4 Å². The average Bonchev–Trinajstić information content (AvgIpc) is 2.76. The summed E-state index contributed by atoms with van der Waals surface area (Å²) in [5.41, 5.74) is 1.76. The van der Waals surface area contributed by atoms with Crippen molar-refractivity contribution in [1.29, 1.82) is 0 Å². The van der Waals surface area contributed by atoms with Crippen LogP contribution in [0.5, 0.6) is 0 Å². The van der Waals surface area contributed by atoms with Gasteiger partial charge in [-0.05, 0) is 43.1 Å². The molecule has 3 nitrogen and oxygen atoms in total. The van der Waals surface area contributed by atoms with Crippen LogP contribution in [0.1, 0.15) is 44.6 Å². The predicted octanol–water partition coefficient (Wildman–Crippen LogP) is 3.63. The maximum Gasteiger partial charge on any atom is 0.262 e. The first-order chi connectivity index (χ1) is 9.41. The summed E-state index contributed by atoms with van der Waals surface area (Å²) in [5, 5.41) is 0.890. The normalized spacial score (nSPS) is 19.3. The molecule has 1 aliphatic rings. The molecule has 0 amide bonds. The SMILES string of the molecule is CCn1cnc2sc3c(c2c1=O)CC[C@H](C(C)(C)C)C3. The minimum absolute atomic E-state index is 0.143. The summed E-state index contributed by atoms with van der Waals surface area (Å²) in [6.07, 6.45) is 5.00. The summed E-state index contributed by atoms with van der Waals surface area (Å²) >= 11 is 1.73. The lowest BCUT2D eigenvalue weighted by Crippen LogP contribution is -2.27. The van der Waals surface area contributed by atoms with E-state index in [1.807, 2.05) is 6.92 Å². The molecule has 108 valence electrons. The molecule has 20 heavy (non-hydrogen) atoms. The quantitative estimate of drug-likeness (QED) is 0.804. The Kier molecular flexibility index (Phi) is 3.24. The molecule has 0 radical (unpaired) electrons. The Morgan fingerprint density at radius 2 is 2.20 bits per heavy atom. The summed E-state index contributed by atoms with van der Waals surface area (Å²) in [6, 6.07) is 0. The lowest BCUT2D eigenvalue weighted by atomic mass is 9.72. The molecule has 2 heterocycles. The largest absolute Gasteiger partial charge is 0.299 e. The highest BCUT2D eigenvalue weighted by atomic mass is 32.1. The summed E-state index contributed by atoms with van der Waals surface area (Å²) in [7, 11) is 0. The van der Waals surface area contributed by atoms with E-state index < -0.39 is 0 Å². The molecular formula is C16H22N2OS. The standard InChI is InChI=1S/C16H22N2OS/c1-5-18-9-17-14-13(15(18)19)11-7-6-10(16(2,3)4)8-12(11)20-14/h9-10H,5-8H2,1-4H3/t10-/m0/s1. The first kappa shape index (κ1) is 13.8. The van der Waals surface area contributed by atoms with Crippen LogP contribution in [0.2, 0.25) is 0 Å². The molecule has 0 spiro atoms. The van der Waals surface area contributed by atoms with Crippen LogP contribution in [0.15, 0.2) is 11.1 Å². The van der Waals surface area contributed by atoms with Gasteiger partial charge in [0.15, 0.2) is 0 Å². The average molecular weight is 290 g/mol. The third-order valence-corrected chi connectivity index (χ3v) is 5.76. The predicted molar refractivity (Wildman–Crippen MR) is 84.5 cm³/mol. The fourth-order valence-corrected chi connectivity index (χ4v) is 4.42. The zero-order chi connectivity index (χ0) is 14.5. The Balaban J connectivity index is 2.13. The van der Waals surface area contributed by atoms with E-state index in [0.717, 1.165) is 23.1 Å². The lowest BCUT2D eigenvalue weighted by molar-refractivity contribution is 0.218. The van der Waals surface area contributed by atoms with E-state index in [4.69, 9.17) is 0 Å². The Morgan fingerprint density at radius 3 is 2.85 bits per heavy atom. The van der Waals surface area contributed by atoms with E-state index in [9.17, 15) is 4.79 Å². The third-order valence-electron chi connectivity index (χ3n) is 4.60. The van der Waals surface area contributed by atoms with Crippen LogP contribution in [-0.4, -0.2) is 9.55 Å². The highest BCUT2D eigenvalue weighted by Gasteiger charge is 2.31. The van der Waals surface area contributed by atoms with Gasteiger partial charge in [-0.3, -0.25) is 9.36 Å². The van der Waals surface area contributed by atoms with Gasteiger partial charge in [0.25, 0.3) is 5.56 Å². The number of aromatic nitrogens is 2.